The van der Waals surface area contributed by atoms with E-state index in [1.807, 2.05) is 0 Å². The molecule has 1 heterocycles. The molecule has 76 valence electrons. The highest BCUT2D eigenvalue weighted by Crippen LogP contribution is 2.30. The summed E-state index contributed by atoms with van der Waals surface area (Å²) in [5.41, 5.74) is 8.61. The van der Waals surface area contributed by atoms with Crippen LogP contribution in [0.5, 0.6) is 5.75 Å². The van der Waals surface area contributed by atoms with Gasteiger partial charge in [-0.3, -0.25) is 0 Å². The summed E-state index contributed by atoms with van der Waals surface area (Å²) in [6.45, 7) is 2.96. The van der Waals surface area contributed by atoms with Crippen LogP contribution in [0.15, 0.2) is 18.2 Å². The second-order valence-electron chi connectivity index (χ2n) is 3.82. The second-order valence-corrected chi connectivity index (χ2v) is 3.82. The fourth-order valence-corrected chi connectivity index (χ4v) is 1.88. The van der Waals surface area contributed by atoms with Crippen molar-refractivity contribution in [1.29, 1.82) is 0 Å². The van der Waals surface area contributed by atoms with Crippen LogP contribution in [0.4, 0.5) is 0 Å². The minimum absolute atomic E-state index is 0.152. The molecule has 0 aromatic heterocycles. The van der Waals surface area contributed by atoms with Gasteiger partial charge in [0.25, 0.3) is 0 Å². The lowest BCUT2D eigenvalue weighted by Crippen LogP contribution is -2.09. The largest absolute Gasteiger partial charge is 0.493 e. The Morgan fingerprint density at radius 2 is 2.36 bits per heavy atom. The van der Waals surface area contributed by atoms with Crippen molar-refractivity contribution in [2.75, 3.05) is 6.61 Å². The van der Waals surface area contributed by atoms with E-state index in [0.717, 1.165) is 31.6 Å². The Labute approximate surface area is 85.1 Å². The quantitative estimate of drug-likeness (QED) is 0.740. The number of hydrogen-bond donors (Lipinski definition) is 1. The van der Waals surface area contributed by atoms with E-state index in [9.17, 15) is 0 Å². The summed E-state index contributed by atoms with van der Waals surface area (Å²) in [5.74, 6) is 0.979. The van der Waals surface area contributed by atoms with Gasteiger partial charge in [0.1, 0.15) is 5.75 Å². The molecule has 1 aliphatic heterocycles. The van der Waals surface area contributed by atoms with E-state index in [0.29, 0.717) is 0 Å². The van der Waals surface area contributed by atoms with E-state index in [2.05, 4.69) is 25.1 Å². The average Bonchev–Trinajstić information content (AvgIpc) is 2.40. The van der Waals surface area contributed by atoms with Crippen molar-refractivity contribution >= 4 is 0 Å². The van der Waals surface area contributed by atoms with Gasteiger partial charge < -0.3 is 10.5 Å². The molecular formula is C12H17NO. The highest BCUT2D eigenvalue weighted by molar-refractivity contribution is 5.39. The monoisotopic (exact) mass is 191 g/mol. The van der Waals surface area contributed by atoms with E-state index in [4.69, 9.17) is 10.5 Å². The fourth-order valence-electron chi connectivity index (χ4n) is 1.88. The van der Waals surface area contributed by atoms with E-state index >= 15 is 0 Å². The van der Waals surface area contributed by atoms with Crippen molar-refractivity contribution < 1.29 is 4.74 Å². The molecule has 1 atom stereocenters. The van der Waals surface area contributed by atoms with Gasteiger partial charge in [0.15, 0.2) is 0 Å². The molecule has 2 N–H and O–H groups in total. The number of ether oxygens (including phenoxy) is 1. The Hall–Kier alpha value is -1.02. The predicted molar refractivity (Wildman–Crippen MR) is 57.5 cm³/mol. The summed E-state index contributed by atoms with van der Waals surface area (Å²) in [6.07, 6.45) is 3.14. The summed E-state index contributed by atoms with van der Waals surface area (Å²) in [5, 5.41) is 0. The van der Waals surface area contributed by atoms with Gasteiger partial charge in [-0.1, -0.05) is 19.1 Å². The number of nitrogens with two attached hydrogens (primary N) is 1. The van der Waals surface area contributed by atoms with Crippen LogP contribution in [0.1, 0.15) is 36.9 Å². The minimum Gasteiger partial charge on any atom is -0.493 e. The first-order valence-electron chi connectivity index (χ1n) is 5.32. The molecule has 2 nitrogen and oxygen atoms in total. The van der Waals surface area contributed by atoms with Crippen molar-refractivity contribution in [3.8, 4) is 5.75 Å². The lowest BCUT2D eigenvalue weighted by Gasteiger charge is -2.12. The zero-order chi connectivity index (χ0) is 9.97. The van der Waals surface area contributed by atoms with E-state index in [1.54, 1.807) is 0 Å². The Bertz CT molecular complexity index is 322. The molecule has 0 saturated carbocycles. The highest BCUT2D eigenvalue weighted by atomic mass is 16.5. The maximum atomic E-state index is 6.09. The summed E-state index contributed by atoms with van der Waals surface area (Å²) < 4.78 is 5.64. The number of rotatable bonds is 1. The van der Waals surface area contributed by atoms with Crippen LogP contribution in [-0.4, -0.2) is 6.61 Å². The van der Waals surface area contributed by atoms with E-state index in [1.165, 1.54) is 11.1 Å². The lowest BCUT2D eigenvalue weighted by atomic mass is 10.00. The smallest absolute Gasteiger partial charge is 0.124 e. The van der Waals surface area contributed by atoms with Crippen LogP contribution in [0.3, 0.4) is 0 Å². The Morgan fingerprint density at radius 1 is 1.50 bits per heavy atom. The van der Waals surface area contributed by atoms with Gasteiger partial charge in [0, 0.05) is 11.6 Å². The molecule has 0 amide bonds. The number of hydrogen-bond acceptors (Lipinski definition) is 2. The third-order valence-electron chi connectivity index (χ3n) is 2.80. The van der Waals surface area contributed by atoms with Crippen LogP contribution in [0.25, 0.3) is 0 Å². The predicted octanol–water partition coefficient (Wildman–Crippen LogP) is 2.42. The molecule has 0 radical (unpaired) electrons. The van der Waals surface area contributed by atoms with Crippen LogP contribution >= 0.6 is 0 Å². The van der Waals surface area contributed by atoms with Gasteiger partial charge in [0.05, 0.1) is 6.61 Å². The molecule has 14 heavy (non-hydrogen) atoms. The van der Waals surface area contributed by atoms with Crippen molar-refractivity contribution in [2.24, 2.45) is 5.73 Å². The fraction of sp³-hybridized carbons (Fsp3) is 0.500. The van der Waals surface area contributed by atoms with Gasteiger partial charge in [-0.25, -0.2) is 0 Å². The first kappa shape index (κ1) is 9.53. The minimum atomic E-state index is 0.152. The molecule has 0 fully saturated rings. The molecular weight excluding hydrogens is 174 g/mol. The van der Waals surface area contributed by atoms with E-state index < -0.39 is 0 Å². The van der Waals surface area contributed by atoms with Crippen molar-refractivity contribution in [2.45, 2.75) is 32.2 Å². The maximum absolute atomic E-state index is 6.09. The molecule has 0 unspecified atom stereocenters. The molecule has 0 spiro atoms. The average molecular weight is 191 g/mol. The summed E-state index contributed by atoms with van der Waals surface area (Å²) in [6, 6.07) is 6.51. The molecule has 0 bridgehead atoms. The van der Waals surface area contributed by atoms with Crippen LogP contribution in [0, 0.1) is 0 Å². The SMILES string of the molecule is CCc1ccc2c(c1)[C@@H](N)CCCO2. The highest BCUT2D eigenvalue weighted by Gasteiger charge is 2.16. The first-order chi connectivity index (χ1) is 6.81. The zero-order valence-corrected chi connectivity index (χ0v) is 8.62. The lowest BCUT2D eigenvalue weighted by molar-refractivity contribution is 0.316. The molecule has 1 aliphatic rings. The van der Waals surface area contributed by atoms with Gasteiger partial charge in [0.2, 0.25) is 0 Å². The molecule has 1 aromatic rings. The molecule has 0 saturated heterocycles. The van der Waals surface area contributed by atoms with Crippen LogP contribution in [-0.2, 0) is 6.42 Å². The summed E-state index contributed by atoms with van der Waals surface area (Å²) in [4.78, 5) is 0. The van der Waals surface area contributed by atoms with Crippen molar-refractivity contribution in [3.05, 3.63) is 29.3 Å². The number of benzene rings is 1. The van der Waals surface area contributed by atoms with Crippen molar-refractivity contribution in [3.63, 3.8) is 0 Å². The van der Waals surface area contributed by atoms with Crippen molar-refractivity contribution in [1.82, 2.24) is 0 Å². The molecule has 2 heteroatoms. The number of fused-ring (bicyclic) bond motifs is 1. The van der Waals surface area contributed by atoms with Gasteiger partial charge in [-0.05, 0) is 30.9 Å². The third kappa shape index (κ3) is 1.75. The van der Waals surface area contributed by atoms with Crippen LogP contribution < -0.4 is 10.5 Å². The van der Waals surface area contributed by atoms with Gasteiger partial charge >= 0.3 is 0 Å². The Balaban J connectivity index is 2.39. The number of aryl methyl sites for hydroxylation is 1. The van der Waals surface area contributed by atoms with Gasteiger partial charge in [-0.2, -0.15) is 0 Å². The van der Waals surface area contributed by atoms with E-state index in [-0.39, 0.29) is 6.04 Å². The first-order valence-corrected chi connectivity index (χ1v) is 5.32. The third-order valence-corrected chi connectivity index (χ3v) is 2.80. The standard InChI is InChI=1S/C12H17NO/c1-2-9-5-6-12-10(8-9)11(13)4-3-7-14-12/h5-6,8,11H,2-4,7,13H2,1H3/t11-/m0/s1. The summed E-state index contributed by atoms with van der Waals surface area (Å²) >= 11 is 0. The zero-order valence-electron chi connectivity index (χ0n) is 8.62. The molecule has 0 aliphatic carbocycles. The molecule has 2 rings (SSSR count). The van der Waals surface area contributed by atoms with Gasteiger partial charge in [-0.15, -0.1) is 0 Å². The normalized spacial score (nSPS) is 20.9. The molecule has 1 aromatic carbocycles. The Morgan fingerprint density at radius 3 is 3.14 bits per heavy atom. The van der Waals surface area contributed by atoms with Crippen LogP contribution in [0.2, 0.25) is 0 Å². The summed E-state index contributed by atoms with van der Waals surface area (Å²) in [7, 11) is 0. The maximum Gasteiger partial charge on any atom is 0.124 e. The second kappa shape index (κ2) is 4.01. The topological polar surface area (TPSA) is 35.2 Å². The Kier molecular flexibility index (Phi) is 2.73.